The minimum absolute atomic E-state index is 0.0286. The van der Waals surface area contributed by atoms with Crippen molar-refractivity contribution in [2.75, 3.05) is 12.3 Å². The number of carboxylic acid groups (broad SMARTS) is 1. The van der Waals surface area contributed by atoms with Crippen LogP contribution in [-0.4, -0.2) is 42.7 Å². The molecule has 26 heavy (non-hydrogen) atoms. The van der Waals surface area contributed by atoms with Gasteiger partial charge in [0.2, 0.25) is 0 Å². The summed E-state index contributed by atoms with van der Waals surface area (Å²) < 4.78 is 24.2. The zero-order valence-electron chi connectivity index (χ0n) is 14.3. The number of nitrogens with zero attached hydrogens (tertiary/aromatic N) is 1. The average Bonchev–Trinajstić information content (AvgIpc) is 2.58. The first-order valence-electron chi connectivity index (χ1n) is 8.02. The van der Waals surface area contributed by atoms with Crippen LogP contribution < -0.4 is 5.32 Å². The van der Waals surface area contributed by atoms with Crippen LogP contribution in [-0.2, 0) is 15.6 Å². The van der Waals surface area contributed by atoms with Gasteiger partial charge < -0.3 is 10.4 Å². The SMILES string of the molecule is Cc1nc(C(=O)NCCCS(=O)(=O)Cc2ccccc2)ccc1C(=O)O. The number of carbonyl (C=O) groups is 2. The molecule has 7 nitrogen and oxygen atoms in total. The number of aromatic carboxylic acids is 1. The lowest BCUT2D eigenvalue weighted by Gasteiger charge is -2.07. The van der Waals surface area contributed by atoms with Crippen LogP contribution in [0.15, 0.2) is 42.5 Å². The first kappa shape index (κ1) is 19.6. The molecule has 1 heterocycles. The van der Waals surface area contributed by atoms with Crippen LogP contribution in [0.2, 0.25) is 0 Å². The van der Waals surface area contributed by atoms with E-state index in [1.807, 2.05) is 6.07 Å². The summed E-state index contributed by atoms with van der Waals surface area (Å²) in [5.41, 5.74) is 1.11. The molecule has 0 fully saturated rings. The van der Waals surface area contributed by atoms with Gasteiger partial charge in [0.1, 0.15) is 5.69 Å². The Morgan fingerprint density at radius 1 is 1.12 bits per heavy atom. The molecule has 2 rings (SSSR count). The van der Waals surface area contributed by atoms with Crippen LogP contribution in [0.1, 0.15) is 38.5 Å². The summed E-state index contributed by atoms with van der Waals surface area (Å²) in [5, 5.41) is 11.6. The average molecular weight is 376 g/mol. The smallest absolute Gasteiger partial charge is 0.337 e. The highest BCUT2D eigenvalue weighted by atomic mass is 32.2. The molecule has 0 radical (unpaired) electrons. The number of carbonyl (C=O) groups excluding carboxylic acids is 1. The normalized spacial score (nSPS) is 11.1. The van der Waals surface area contributed by atoms with E-state index in [2.05, 4.69) is 10.3 Å². The fraction of sp³-hybridized carbons (Fsp3) is 0.278. The molecule has 1 aromatic heterocycles. The van der Waals surface area contributed by atoms with E-state index in [-0.39, 0.29) is 41.4 Å². The lowest BCUT2D eigenvalue weighted by Crippen LogP contribution is -2.27. The first-order valence-corrected chi connectivity index (χ1v) is 9.84. The fourth-order valence-corrected chi connectivity index (χ4v) is 3.83. The van der Waals surface area contributed by atoms with Crippen LogP contribution >= 0.6 is 0 Å². The van der Waals surface area contributed by atoms with E-state index in [4.69, 9.17) is 5.11 Å². The summed E-state index contributed by atoms with van der Waals surface area (Å²) in [4.78, 5) is 26.9. The lowest BCUT2D eigenvalue weighted by molar-refractivity contribution is 0.0694. The van der Waals surface area contributed by atoms with Gasteiger partial charge in [-0.3, -0.25) is 4.79 Å². The van der Waals surface area contributed by atoms with Gasteiger partial charge in [-0.25, -0.2) is 18.2 Å². The molecule has 8 heteroatoms. The number of carboxylic acids is 1. The van der Waals surface area contributed by atoms with E-state index >= 15 is 0 Å². The lowest BCUT2D eigenvalue weighted by atomic mass is 10.2. The van der Waals surface area contributed by atoms with Gasteiger partial charge in [-0.05, 0) is 31.0 Å². The van der Waals surface area contributed by atoms with E-state index in [0.717, 1.165) is 5.56 Å². The Hall–Kier alpha value is -2.74. The molecule has 1 amide bonds. The van der Waals surface area contributed by atoms with E-state index in [9.17, 15) is 18.0 Å². The van der Waals surface area contributed by atoms with Crippen molar-refractivity contribution in [1.82, 2.24) is 10.3 Å². The molecule has 0 saturated heterocycles. The van der Waals surface area contributed by atoms with Crippen molar-refractivity contribution in [2.24, 2.45) is 0 Å². The van der Waals surface area contributed by atoms with Gasteiger partial charge in [0.05, 0.1) is 22.8 Å². The second-order valence-corrected chi connectivity index (χ2v) is 8.01. The van der Waals surface area contributed by atoms with Crippen molar-refractivity contribution in [1.29, 1.82) is 0 Å². The monoisotopic (exact) mass is 376 g/mol. The minimum atomic E-state index is -3.25. The largest absolute Gasteiger partial charge is 0.478 e. The highest BCUT2D eigenvalue weighted by Crippen LogP contribution is 2.08. The van der Waals surface area contributed by atoms with Crippen LogP contribution in [0.25, 0.3) is 0 Å². The van der Waals surface area contributed by atoms with Gasteiger partial charge in [-0.2, -0.15) is 0 Å². The molecule has 2 aromatic rings. The number of aryl methyl sites for hydroxylation is 1. The Morgan fingerprint density at radius 3 is 2.42 bits per heavy atom. The molecule has 0 unspecified atom stereocenters. The summed E-state index contributed by atoms with van der Waals surface area (Å²) in [6.45, 7) is 1.70. The maximum Gasteiger partial charge on any atom is 0.337 e. The van der Waals surface area contributed by atoms with Crippen molar-refractivity contribution >= 4 is 21.7 Å². The topological polar surface area (TPSA) is 113 Å². The number of amides is 1. The zero-order chi connectivity index (χ0) is 19.2. The maximum absolute atomic E-state index is 12.1. The van der Waals surface area contributed by atoms with E-state index < -0.39 is 21.7 Å². The Balaban J connectivity index is 1.83. The maximum atomic E-state index is 12.1. The van der Waals surface area contributed by atoms with Crippen molar-refractivity contribution in [2.45, 2.75) is 19.1 Å². The number of aromatic nitrogens is 1. The molecule has 0 saturated carbocycles. The van der Waals surface area contributed by atoms with E-state index in [1.165, 1.54) is 19.1 Å². The van der Waals surface area contributed by atoms with Crippen molar-refractivity contribution in [3.63, 3.8) is 0 Å². The zero-order valence-corrected chi connectivity index (χ0v) is 15.1. The third-order valence-corrected chi connectivity index (χ3v) is 5.38. The predicted molar refractivity (Wildman–Crippen MR) is 96.8 cm³/mol. The molecule has 0 atom stereocenters. The van der Waals surface area contributed by atoms with Gasteiger partial charge in [0, 0.05) is 6.54 Å². The van der Waals surface area contributed by atoms with E-state index in [1.54, 1.807) is 24.3 Å². The second kappa shape index (κ2) is 8.57. The number of rotatable bonds is 8. The van der Waals surface area contributed by atoms with Gasteiger partial charge in [-0.15, -0.1) is 0 Å². The number of sulfone groups is 1. The minimum Gasteiger partial charge on any atom is -0.478 e. The highest BCUT2D eigenvalue weighted by Gasteiger charge is 2.14. The molecule has 0 spiro atoms. The first-order chi connectivity index (χ1) is 12.3. The molecule has 0 aliphatic rings. The van der Waals surface area contributed by atoms with Crippen molar-refractivity contribution in [3.05, 3.63) is 65.0 Å². The summed E-state index contributed by atoms with van der Waals surface area (Å²) in [7, 11) is -3.25. The Morgan fingerprint density at radius 2 is 1.81 bits per heavy atom. The molecule has 1 aromatic carbocycles. The molecule has 0 aliphatic carbocycles. The fourth-order valence-electron chi connectivity index (χ4n) is 2.40. The molecular weight excluding hydrogens is 356 g/mol. The number of benzene rings is 1. The van der Waals surface area contributed by atoms with Crippen molar-refractivity contribution < 1.29 is 23.1 Å². The summed E-state index contributed by atoms with van der Waals surface area (Å²) >= 11 is 0. The molecule has 2 N–H and O–H groups in total. The third kappa shape index (κ3) is 5.66. The van der Waals surface area contributed by atoms with Crippen LogP contribution in [0, 0.1) is 6.92 Å². The molecular formula is C18H20N2O5S. The number of nitrogens with one attached hydrogen (secondary N) is 1. The van der Waals surface area contributed by atoms with Gasteiger partial charge in [0.15, 0.2) is 9.84 Å². The highest BCUT2D eigenvalue weighted by molar-refractivity contribution is 7.90. The van der Waals surface area contributed by atoms with Gasteiger partial charge in [0.25, 0.3) is 5.91 Å². The predicted octanol–water partition coefficient (Wildman–Crippen LogP) is 1.82. The quantitative estimate of drug-likeness (QED) is 0.680. The number of pyridine rings is 1. The Labute approximate surface area is 152 Å². The summed E-state index contributed by atoms with van der Waals surface area (Å²) in [6, 6.07) is 11.6. The molecule has 138 valence electrons. The van der Waals surface area contributed by atoms with E-state index in [0.29, 0.717) is 0 Å². The summed E-state index contributed by atoms with van der Waals surface area (Å²) in [6.07, 6.45) is 0.285. The number of hydrogen-bond acceptors (Lipinski definition) is 5. The van der Waals surface area contributed by atoms with Crippen LogP contribution in [0.4, 0.5) is 0 Å². The van der Waals surface area contributed by atoms with Gasteiger partial charge in [-0.1, -0.05) is 30.3 Å². The number of hydrogen-bond donors (Lipinski definition) is 2. The van der Waals surface area contributed by atoms with Crippen LogP contribution in [0.5, 0.6) is 0 Å². The third-order valence-electron chi connectivity index (χ3n) is 3.70. The van der Waals surface area contributed by atoms with Crippen LogP contribution in [0.3, 0.4) is 0 Å². The summed E-state index contributed by atoms with van der Waals surface area (Å²) in [5.74, 6) is -1.64. The second-order valence-electron chi connectivity index (χ2n) is 5.82. The van der Waals surface area contributed by atoms with Crippen molar-refractivity contribution in [3.8, 4) is 0 Å². The van der Waals surface area contributed by atoms with Gasteiger partial charge >= 0.3 is 5.97 Å². The molecule has 0 bridgehead atoms. The Bertz CT molecular complexity index is 895. The molecule has 0 aliphatic heterocycles. The standard InChI is InChI=1S/C18H20N2O5S/c1-13-15(18(22)23)8-9-16(20-13)17(21)19-10-5-11-26(24,25)12-14-6-3-2-4-7-14/h2-4,6-9H,5,10-12H2,1H3,(H,19,21)(H,22,23). The Kier molecular flexibility index (Phi) is 6.46.